The van der Waals surface area contributed by atoms with Crippen molar-refractivity contribution in [2.24, 2.45) is 0 Å². The van der Waals surface area contributed by atoms with E-state index in [9.17, 15) is 13.2 Å². The molecule has 0 saturated heterocycles. The fourth-order valence-electron chi connectivity index (χ4n) is 0.814. The lowest BCUT2D eigenvalue weighted by atomic mass is 10.2. The Morgan fingerprint density at radius 2 is 1.79 bits per heavy atom. The SMILES string of the molecule is O=C(C=Cc1ccccc1)S(=O)(=O)O. The van der Waals surface area contributed by atoms with Gasteiger partial charge >= 0.3 is 10.1 Å². The monoisotopic (exact) mass is 212 g/mol. The highest BCUT2D eigenvalue weighted by Gasteiger charge is 2.13. The molecule has 0 saturated carbocycles. The second kappa shape index (κ2) is 4.17. The number of rotatable bonds is 2. The van der Waals surface area contributed by atoms with Gasteiger partial charge in [0.15, 0.2) is 0 Å². The maximum absolute atomic E-state index is 10.7. The zero-order valence-corrected chi connectivity index (χ0v) is 7.94. The molecular weight excluding hydrogens is 204 g/mol. The molecule has 0 fully saturated rings. The van der Waals surface area contributed by atoms with Gasteiger partial charge in [0.2, 0.25) is 0 Å². The summed E-state index contributed by atoms with van der Waals surface area (Å²) in [5, 5.41) is -1.32. The highest BCUT2D eigenvalue weighted by molar-refractivity contribution is 8.01. The summed E-state index contributed by atoms with van der Waals surface area (Å²) < 4.78 is 29.0. The zero-order chi connectivity index (χ0) is 10.6. The van der Waals surface area contributed by atoms with Gasteiger partial charge in [-0.05, 0) is 5.56 Å². The first-order valence-corrected chi connectivity index (χ1v) is 5.19. The number of benzene rings is 1. The standard InChI is InChI=1S/C9H8O4S/c10-9(14(11,12)13)7-6-8-4-2-1-3-5-8/h1-7H,(H,11,12,13). The van der Waals surface area contributed by atoms with E-state index in [0.717, 1.165) is 6.08 Å². The van der Waals surface area contributed by atoms with Crippen LogP contribution in [0.4, 0.5) is 0 Å². The Labute approximate surface area is 81.6 Å². The van der Waals surface area contributed by atoms with Crippen LogP contribution in [0.3, 0.4) is 0 Å². The zero-order valence-electron chi connectivity index (χ0n) is 7.12. The van der Waals surface area contributed by atoms with E-state index in [1.54, 1.807) is 30.3 Å². The van der Waals surface area contributed by atoms with Gasteiger partial charge < -0.3 is 0 Å². The van der Waals surface area contributed by atoms with Gasteiger partial charge in [0.05, 0.1) is 0 Å². The Balaban J connectivity index is 2.81. The van der Waals surface area contributed by atoms with Crippen molar-refractivity contribution in [3.63, 3.8) is 0 Å². The van der Waals surface area contributed by atoms with Gasteiger partial charge in [-0.15, -0.1) is 0 Å². The van der Waals surface area contributed by atoms with Gasteiger partial charge in [-0.3, -0.25) is 9.35 Å². The van der Waals surface area contributed by atoms with Crippen LogP contribution >= 0.6 is 0 Å². The molecule has 1 aromatic rings. The first-order valence-electron chi connectivity index (χ1n) is 3.75. The Hall–Kier alpha value is -1.46. The second-order valence-corrected chi connectivity index (χ2v) is 3.89. The molecule has 0 bridgehead atoms. The van der Waals surface area contributed by atoms with Gasteiger partial charge in [-0.1, -0.05) is 36.4 Å². The molecule has 0 atom stereocenters. The van der Waals surface area contributed by atoms with Crippen molar-refractivity contribution < 1.29 is 17.8 Å². The van der Waals surface area contributed by atoms with Crippen LogP contribution in [0, 0.1) is 0 Å². The molecule has 0 amide bonds. The average molecular weight is 212 g/mol. The quantitative estimate of drug-likeness (QED) is 0.589. The van der Waals surface area contributed by atoms with Crippen LogP contribution in [0.25, 0.3) is 6.08 Å². The lowest BCUT2D eigenvalue weighted by Gasteiger charge is -1.90. The van der Waals surface area contributed by atoms with Crippen molar-refractivity contribution in [2.45, 2.75) is 0 Å². The molecule has 0 aromatic heterocycles. The Morgan fingerprint density at radius 3 is 2.29 bits per heavy atom. The third-order valence-corrected chi connectivity index (χ3v) is 2.11. The predicted molar refractivity (Wildman–Crippen MR) is 52.0 cm³/mol. The van der Waals surface area contributed by atoms with Crippen molar-refractivity contribution in [1.82, 2.24) is 0 Å². The largest absolute Gasteiger partial charge is 0.332 e. The molecule has 1 rings (SSSR count). The first kappa shape index (κ1) is 10.6. The van der Waals surface area contributed by atoms with Crippen molar-refractivity contribution in [3.8, 4) is 0 Å². The molecule has 0 radical (unpaired) electrons. The van der Waals surface area contributed by atoms with Crippen LogP contribution in [0.5, 0.6) is 0 Å². The van der Waals surface area contributed by atoms with E-state index >= 15 is 0 Å². The van der Waals surface area contributed by atoms with Gasteiger partial charge in [0.1, 0.15) is 0 Å². The fourth-order valence-corrected chi connectivity index (χ4v) is 1.05. The number of carbonyl (C=O) groups is 1. The van der Waals surface area contributed by atoms with E-state index in [0.29, 0.717) is 5.56 Å². The average Bonchev–Trinajstić information content (AvgIpc) is 2.14. The minimum atomic E-state index is -4.60. The van der Waals surface area contributed by atoms with Gasteiger partial charge in [-0.25, -0.2) is 0 Å². The molecule has 1 aromatic carbocycles. The van der Waals surface area contributed by atoms with E-state index < -0.39 is 15.2 Å². The van der Waals surface area contributed by atoms with E-state index in [1.807, 2.05) is 0 Å². The van der Waals surface area contributed by atoms with Crippen molar-refractivity contribution in [1.29, 1.82) is 0 Å². The molecular formula is C9H8O4S. The lowest BCUT2D eigenvalue weighted by molar-refractivity contribution is -0.108. The van der Waals surface area contributed by atoms with E-state index in [-0.39, 0.29) is 0 Å². The summed E-state index contributed by atoms with van der Waals surface area (Å²) in [7, 11) is -4.60. The summed E-state index contributed by atoms with van der Waals surface area (Å²) in [4.78, 5) is 10.7. The normalized spacial score (nSPS) is 11.8. The molecule has 0 aliphatic carbocycles. The highest BCUT2D eigenvalue weighted by Crippen LogP contribution is 2.01. The summed E-state index contributed by atoms with van der Waals surface area (Å²) in [6.45, 7) is 0. The van der Waals surface area contributed by atoms with Crippen LogP contribution in [0.2, 0.25) is 0 Å². The summed E-state index contributed by atoms with van der Waals surface area (Å²) >= 11 is 0. The molecule has 14 heavy (non-hydrogen) atoms. The fraction of sp³-hybridized carbons (Fsp3) is 0. The van der Waals surface area contributed by atoms with Crippen molar-refractivity contribution >= 4 is 21.3 Å². The van der Waals surface area contributed by atoms with Gasteiger partial charge in [-0.2, -0.15) is 8.42 Å². The topological polar surface area (TPSA) is 71.4 Å². The number of hydrogen-bond donors (Lipinski definition) is 1. The third kappa shape index (κ3) is 3.12. The molecule has 0 spiro atoms. The maximum Gasteiger partial charge on any atom is 0.332 e. The van der Waals surface area contributed by atoms with Crippen LogP contribution in [-0.4, -0.2) is 18.1 Å². The Bertz CT molecular complexity index is 445. The van der Waals surface area contributed by atoms with Crippen LogP contribution in [-0.2, 0) is 14.9 Å². The molecule has 74 valence electrons. The van der Waals surface area contributed by atoms with E-state index in [2.05, 4.69) is 0 Å². The second-order valence-electron chi connectivity index (χ2n) is 2.54. The lowest BCUT2D eigenvalue weighted by Crippen LogP contribution is -2.09. The number of carbonyl (C=O) groups excluding carboxylic acids is 1. The summed E-state index contributed by atoms with van der Waals surface area (Å²) in [5.41, 5.74) is 0.685. The minimum absolute atomic E-state index is 0.685. The van der Waals surface area contributed by atoms with Crippen LogP contribution in [0.15, 0.2) is 36.4 Å². The third-order valence-electron chi connectivity index (χ3n) is 1.47. The smallest absolute Gasteiger partial charge is 0.279 e. The Morgan fingerprint density at radius 1 is 1.21 bits per heavy atom. The molecule has 0 heterocycles. The first-order chi connectivity index (χ1) is 6.50. The summed E-state index contributed by atoms with van der Waals surface area (Å²) in [5.74, 6) is 0. The predicted octanol–water partition coefficient (Wildman–Crippen LogP) is 1.11. The maximum atomic E-state index is 10.7. The molecule has 5 heteroatoms. The molecule has 0 unspecified atom stereocenters. The summed E-state index contributed by atoms with van der Waals surface area (Å²) in [6.07, 6.45) is 2.13. The van der Waals surface area contributed by atoms with E-state index in [4.69, 9.17) is 4.55 Å². The Kier molecular flexibility index (Phi) is 3.16. The molecule has 0 aliphatic heterocycles. The highest BCUT2D eigenvalue weighted by atomic mass is 32.2. The minimum Gasteiger partial charge on any atom is -0.279 e. The van der Waals surface area contributed by atoms with Gasteiger partial charge in [0.25, 0.3) is 5.12 Å². The van der Waals surface area contributed by atoms with Crippen molar-refractivity contribution in [2.75, 3.05) is 0 Å². The van der Waals surface area contributed by atoms with Crippen molar-refractivity contribution in [3.05, 3.63) is 42.0 Å². The van der Waals surface area contributed by atoms with E-state index in [1.165, 1.54) is 6.08 Å². The molecule has 4 nitrogen and oxygen atoms in total. The molecule has 1 N–H and O–H groups in total. The summed E-state index contributed by atoms with van der Waals surface area (Å²) in [6, 6.07) is 8.69. The van der Waals surface area contributed by atoms with Gasteiger partial charge in [0, 0.05) is 6.08 Å². The molecule has 0 aliphatic rings. The van der Waals surface area contributed by atoms with Crippen LogP contribution < -0.4 is 0 Å². The number of hydrogen-bond acceptors (Lipinski definition) is 3. The van der Waals surface area contributed by atoms with Crippen LogP contribution in [0.1, 0.15) is 5.56 Å².